The lowest BCUT2D eigenvalue weighted by atomic mass is 10.1. The average Bonchev–Trinajstić information content (AvgIpc) is 2.32. The lowest BCUT2D eigenvalue weighted by Crippen LogP contribution is -2.34. The van der Waals surface area contributed by atoms with Crippen molar-refractivity contribution in [2.45, 2.75) is 12.3 Å². The molecule has 0 amide bonds. The fourth-order valence-electron chi connectivity index (χ4n) is 1.55. The molecule has 0 radical (unpaired) electrons. The molecule has 1 aromatic carbocycles. The third-order valence-corrected chi connectivity index (χ3v) is 3.20. The highest BCUT2D eigenvalue weighted by atomic mass is 35.5. The molecular formula is C11H7Cl2F3O2. The smallest absolute Gasteiger partial charge is 0.429 e. The highest BCUT2D eigenvalue weighted by Crippen LogP contribution is 2.45. The molecule has 1 aromatic rings. The van der Waals surface area contributed by atoms with Crippen molar-refractivity contribution in [3.8, 4) is 11.5 Å². The molecule has 2 rings (SSSR count). The summed E-state index contributed by atoms with van der Waals surface area (Å²) in [6.45, 7) is 0. The van der Waals surface area contributed by atoms with Crippen molar-refractivity contribution < 1.29 is 22.6 Å². The number of fused-ring (bicyclic) bond motifs is 1. The van der Waals surface area contributed by atoms with Gasteiger partial charge in [-0.1, -0.05) is 23.2 Å². The van der Waals surface area contributed by atoms with Crippen LogP contribution in [0, 0.1) is 0 Å². The monoisotopic (exact) mass is 298 g/mol. The van der Waals surface area contributed by atoms with Crippen LogP contribution in [0.15, 0.2) is 12.1 Å². The fraction of sp³-hybridized carbons (Fsp3) is 0.273. The zero-order valence-electron chi connectivity index (χ0n) is 9.02. The van der Waals surface area contributed by atoms with E-state index in [9.17, 15) is 13.2 Å². The van der Waals surface area contributed by atoms with Crippen LogP contribution in [0.5, 0.6) is 11.5 Å². The molecule has 7 heteroatoms. The molecule has 1 unspecified atom stereocenters. The summed E-state index contributed by atoms with van der Waals surface area (Å²) in [6, 6.07) is 1.31. The Morgan fingerprint density at radius 3 is 2.56 bits per heavy atom. The van der Waals surface area contributed by atoms with Crippen molar-refractivity contribution in [2.24, 2.45) is 0 Å². The molecule has 1 atom stereocenters. The van der Waals surface area contributed by atoms with E-state index >= 15 is 0 Å². The van der Waals surface area contributed by atoms with Gasteiger partial charge in [-0.2, -0.15) is 13.2 Å². The van der Waals surface area contributed by atoms with Gasteiger partial charge in [0.25, 0.3) is 0 Å². The van der Waals surface area contributed by atoms with Gasteiger partial charge in [-0.05, 0) is 12.2 Å². The number of methoxy groups -OCH3 is 1. The van der Waals surface area contributed by atoms with Crippen LogP contribution in [-0.4, -0.2) is 19.4 Å². The maximum atomic E-state index is 12.6. The molecule has 2 nitrogen and oxygen atoms in total. The minimum Gasteiger partial charge on any atom is -0.493 e. The van der Waals surface area contributed by atoms with E-state index in [2.05, 4.69) is 0 Å². The Bertz CT molecular complexity index is 512. The molecule has 0 aromatic heterocycles. The van der Waals surface area contributed by atoms with E-state index in [0.29, 0.717) is 0 Å². The number of benzene rings is 1. The second kappa shape index (κ2) is 4.55. The van der Waals surface area contributed by atoms with Crippen molar-refractivity contribution in [3.05, 3.63) is 27.8 Å². The topological polar surface area (TPSA) is 18.5 Å². The third-order valence-electron chi connectivity index (χ3n) is 2.40. The zero-order valence-corrected chi connectivity index (χ0v) is 10.5. The molecule has 0 aliphatic carbocycles. The highest BCUT2D eigenvalue weighted by Gasteiger charge is 2.42. The summed E-state index contributed by atoms with van der Waals surface area (Å²) in [6.07, 6.45) is -4.40. The van der Waals surface area contributed by atoms with Gasteiger partial charge in [-0.25, -0.2) is 0 Å². The number of hydrogen-bond acceptors (Lipinski definition) is 2. The Morgan fingerprint density at radius 1 is 1.33 bits per heavy atom. The van der Waals surface area contributed by atoms with Crippen molar-refractivity contribution in [2.75, 3.05) is 7.11 Å². The zero-order chi connectivity index (χ0) is 13.5. The van der Waals surface area contributed by atoms with Crippen molar-refractivity contribution in [1.82, 2.24) is 0 Å². The van der Waals surface area contributed by atoms with Crippen molar-refractivity contribution in [3.63, 3.8) is 0 Å². The summed E-state index contributed by atoms with van der Waals surface area (Å²) in [5.41, 5.74) is 0.279. The molecule has 0 N–H and O–H groups in total. The number of rotatable bonds is 1. The Morgan fingerprint density at radius 2 is 2.00 bits per heavy atom. The predicted molar refractivity (Wildman–Crippen MR) is 62.5 cm³/mol. The van der Waals surface area contributed by atoms with E-state index in [0.717, 1.165) is 6.08 Å². The molecule has 0 spiro atoms. The second-order valence-corrected chi connectivity index (χ2v) is 4.34. The van der Waals surface area contributed by atoms with Crippen LogP contribution in [0.25, 0.3) is 6.08 Å². The highest BCUT2D eigenvalue weighted by molar-refractivity contribution is 6.43. The number of alkyl halides is 3. The first-order valence-corrected chi connectivity index (χ1v) is 5.57. The van der Waals surface area contributed by atoms with Crippen LogP contribution in [0.3, 0.4) is 0 Å². The van der Waals surface area contributed by atoms with Gasteiger partial charge in [0.1, 0.15) is 0 Å². The fourth-order valence-corrected chi connectivity index (χ4v) is 1.96. The Labute approximate surface area is 111 Å². The Balaban J connectivity index is 2.53. The summed E-state index contributed by atoms with van der Waals surface area (Å²) >= 11 is 11.7. The summed E-state index contributed by atoms with van der Waals surface area (Å²) in [7, 11) is 1.31. The van der Waals surface area contributed by atoms with Gasteiger partial charge < -0.3 is 9.47 Å². The van der Waals surface area contributed by atoms with Crippen LogP contribution in [0.4, 0.5) is 13.2 Å². The number of hydrogen-bond donors (Lipinski definition) is 0. The van der Waals surface area contributed by atoms with Gasteiger partial charge in [-0.15, -0.1) is 0 Å². The molecule has 0 fully saturated rings. The van der Waals surface area contributed by atoms with Gasteiger partial charge in [0, 0.05) is 11.6 Å². The van der Waals surface area contributed by atoms with E-state index in [4.69, 9.17) is 32.7 Å². The Hall–Kier alpha value is -1.07. The first-order chi connectivity index (χ1) is 8.34. The first-order valence-electron chi connectivity index (χ1n) is 4.82. The van der Waals surface area contributed by atoms with E-state index in [1.807, 2.05) is 0 Å². The molecular weight excluding hydrogens is 292 g/mol. The maximum absolute atomic E-state index is 12.6. The van der Waals surface area contributed by atoms with E-state index < -0.39 is 12.3 Å². The normalized spacial score (nSPS) is 18.2. The summed E-state index contributed by atoms with van der Waals surface area (Å²) in [5.74, 6) is 0.0507. The maximum Gasteiger partial charge on any atom is 0.429 e. The van der Waals surface area contributed by atoms with Crippen LogP contribution in [0.2, 0.25) is 10.0 Å². The lowest BCUT2D eigenvalue weighted by molar-refractivity contribution is -0.180. The van der Waals surface area contributed by atoms with Crippen LogP contribution >= 0.6 is 23.2 Å². The van der Waals surface area contributed by atoms with Crippen molar-refractivity contribution in [1.29, 1.82) is 0 Å². The second-order valence-electron chi connectivity index (χ2n) is 3.56. The van der Waals surface area contributed by atoms with E-state index in [1.54, 1.807) is 0 Å². The quantitative estimate of drug-likeness (QED) is 0.768. The van der Waals surface area contributed by atoms with Crippen LogP contribution < -0.4 is 9.47 Å². The molecule has 1 aliphatic heterocycles. The summed E-state index contributed by atoms with van der Waals surface area (Å²) in [5, 5.41) is 0.315. The van der Waals surface area contributed by atoms with E-state index in [1.165, 1.54) is 19.3 Å². The molecule has 18 heavy (non-hydrogen) atoms. The predicted octanol–water partition coefficient (Wildman–Crippen LogP) is 4.34. The summed E-state index contributed by atoms with van der Waals surface area (Å²) in [4.78, 5) is 0. The van der Waals surface area contributed by atoms with Gasteiger partial charge in [-0.3, -0.25) is 0 Å². The number of ether oxygens (including phenoxy) is 2. The minimum atomic E-state index is -4.49. The van der Waals surface area contributed by atoms with Crippen LogP contribution in [0.1, 0.15) is 5.56 Å². The Kier molecular flexibility index (Phi) is 3.38. The van der Waals surface area contributed by atoms with Gasteiger partial charge in [0.2, 0.25) is 6.10 Å². The largest absolute Gasteiger partial charge is 0.493 e. The van der Waals surface area contributed by atoms with Gasteiger partial charge in [0.15, 0.2) is 11.5 Å². The van der Waals surface area contributed by atoms with Crippen molar-refractivity contribution >= 4 is 29.3 Å². The molecule has 0 bridgehead atoms. The molecule has 1 aliphatic rings. The average molecular weight is 299 g/mol. The van der Waals surface area contributed by atoms with Gasteiger partial charge >= 0.3 is 6.18 Å². The lowest BCUT2D eigenvalue weighted by Gasteiger charge is -2.25. The molecule has 98 valence electrons. The summed E-state index contributed by atoms with van der Waals surface area (Å²) < 4.78 is 47.5. The number of halogens is 5. The van der Waals surface area contributed by atoms with Gasteiger partial charge in [0.05, 0.1) is 17.2 Å². The van der Waals surface area contributed by atoms with Crippen LogP contribution in [-0.2, 0) is 0 Å². The molecule has 0 saturated heterocycles. The minimum absolute atomic E-state index is 0.0586. The standard InChI is InChI=1S/C11H7Cl2F3O2/c1-17-7-4-6(12)9(13)5-2-3-8(11(14,15)16)18-10(5)7/h2-4,8H,1H3. The SMILES string of the molecule is COc1cc(Cl)c(Cl)c2c1OC(C(F)(F)F)C=C2. The molecule has 1 heterocycles. The van der Waals surface area contributed by atoms with E-state index in [-0.39, 0.29) is 27.1 Å². The third kappa shape index (κ3) is 2.24. The molecule has 0 saturated carbocycles. The first kappa shape index (κ1) is 13.4.